The molecule has 0 radical (unpaired) electrons. The number of benzene rings is 1. The molecule has 2 fully saturated rings. The summed E-state index contributed by atoms with van der Waals surface area (Å²) in [5, 5.41) is 4.11. The predicted octanol–water partition coefficient (Wildman–Crippen LogP) is 2.30. The molecule has 4 rings (SSSR count). The van der Waals surface area contributed by atoms with E-state index in [9.17, 15) is 0 Å². The minimum absolute atomic E-state index is 0.353. The average molecular weight is 328 g/mol. The van der Waals surface area contributed by atoms with Crippen LogP contribution in [0.25, 0.3) is 11.4 Å². The van der Waals surface area contributed by atoms with E-state index in [4.69, 9.17) is 15.0 Å². The molecule has 0 spiro atoms. The maximum atomic E-state index is 6.29. The first-order valence-corrected chi connectivity index (χ1v) is 8.68. The first kappa shape index (κ1) is 15.6. The number of rotatable bonds is 4. The monoisotopic (exact) mass is 328 g/mol. The normalized spacial score (nSPS) is 27.2. The van der Waals surface area contributed by atoms with Gasteiger partial charge in [-0.15, -0.1) is 0 Å². The topological polar surface area (TPSA) is 77.4 Å². The third-order valence-electron chi connectivity index (χ3n) is 5.40. The highest BCUT2D eigenvalue weighted by molar-refractivity contribution is 5.55. The second-order valence-electron chi connectivity index (χ2n) is 6.95. The molecule has 1 saturated heterocycles. The Morgan fingerprint density at radius 2 is 2.08 bits per heavy atom. The highest BCUT2D eigenvalue weighted by atomic mass is 16.5. The number of ether oxygens (including phenoxy) is 1. The fraction of sp³-hybridized carbons (Fsp3) is 0.556. The second-order valence-corrected chi connectivity index (χ2v) is 6.95. The Morgan fingerprint density at radius 3 is 2.83 bits per heavy atom. The largest absolute Gasteiger partial charge is 0.497 e. The molecule has 2 aromatic rings. The molecule has 1 saturated carbocycles. The van der Waals surface area contributed by atoms with Gasteiger partial charge in [0.1, 0.15) is 5.75 Å². The van der Waals surface area contributed by atoms with Crippen molar-refractivity contribution in [2.45, 2.75) is 31.8 Å². The van der Waals surface area contributed by atoms with E-state index in [0.717, 1.165) is 36.7 Å². The van der Waals surface area contributed by atoms with Crippen molar-refractivity contribution < 1.29 is 9.26 Å². The Morgan fingerprint density at radius 1 is 1.25 bits per heavy atom. The van der Waals surface area contributed by atoms with E-state index >= 15 is 0 Å². The van der Waals surface area contributed by atoms with Gasteiger partial charge in [0, 0.05) is 24.7 Å². The number of fused-ring (bicyclic) bond motifs is 1. The number of likely N-dealkylation sites (tertiary alicyclic amines) is 1. The van der Waals surface area contributed by atoms with E-state index in [0.29, 0.717) is 30.2 Å². The molecule has 2 aliphatic rings. The van der Waals surface area contributed by atoms with E-state index in [2.05, 4.69) is 15.0 Å². The van der Waals surface area contributed by atoms with Crippen molar-refractivity contribution in [2.75, 3.05) is 20.2 Å². The van der Waals surface area contributed by atoms with Gasteiger partial charge in [0.15, 0.2) is 0 Å². The van der Waals surface area contributed by atoms with Crippen LogP contribution in [0.2, 0.25) is 0 Å². The summed E-state index contributed by atoms with van der Waals surface area (Å²) >= 11 is 0. The standard InChI is InChI=1S/C18H24N4O2/c1-23-14-7-5-12(6-8-14)18-20-17(24-21-18)11-22-9-13-3-2-4-16(19)15(13)10-22/h5-8,13,15-16H,2-4,9-11,19H2,1H3. The van der Waals surface area contributed by atoms with Crippen LogP contribution in [0.5, 0.6) is 5.75 Å². The Kier molecular flexibility index (Phi) is 4.24. The minimum atomic E-state index is 0.353. The van der Waals surface area contributed by atoms with E-state index in [1.165, 1.54) is 12.8 Å². The van der Waals surface area contributed by atoms with Crippen molar-refractivity contribution >= 4 is 0 Å². The number of nitrogens with zero attached hydrogens (tertiary/aromatic N) is 3. The van der Waals surface area contributed by atoms with Crippen LogP contribution in [0.15, 0.2) is 28.8 Å². The van der Waals surface area contributed by atoms with Gasteiger partial charge in [-0.05, 0) is 48.9 Å². The van der Waals surface area contributed by atoms with Crippen LogP contribution in [-0.2, 0) is 6.54 Å². The van der Waals surface area contributed by atoms with Crippen molar-refractivity contribution in [3.05, 3.63) is 30.2 Å². The van der Waals surface area contributed by atoms with Gasteiger partial charge in [0.25, 0.3) is 0 Å². The SMILES string of the molecule is COc1ccc(-c2noc(CN3CC4CCCC(N)C4C3)n2)cc1. The van der Waals surface area contributed by atoms with Crippen molar-refractivity contribution in [1.29, 1.82) is 0 Å². The van der Waals surface area contributed by atoms with Crippen LogP contribution in [-0.4, -0.2) is 41.3 Å². The summed E-state index contributed by atoms with van der Waals surface area (Å²) in [7, 11) is 1.65. The number of hydrogen-bond donors (Lipinski definition) is 1. The van der Waals surface area contributed by atoms with Gasteiger partial charge in [0.05, 0.1) is 13.7 Å². The van der Waals surface area contributed by atoms with Crippen LogP contribution < -0.4 is 10.5 Å². The summed E-state index contributed by atoms with van der Waals surface area (Å²) in [5.41, 5.74) is 7.22. The molecule has 128 valence electrons. The molecule has 3 atom stereocenters. The maximum absolute atomic E-state index is 6.29. The molecule has 2 heterocycles. The fourth-order valence-corrected chi connectivity index (χ4v) is 4.11. The molecule has 6 heteroatoms. The van der Waals surface area contributed by atoms with E-state index in [1.54, 1.807) is 7.11 Å². The molecule has 2 N–H and O–H groups in total. The number of methoxy groups -OCH3 is 1. The number of nitrogens with two attached hydrogens (primary N) is 1. The zero-order chi connectivity index (χ0) is 16.5. The first-order chi connectivity index (χ1) is 11.7. The highest BCUT2D eigenvalue weighted by Crippen LogP contribution is 2.36. The summed E-state index contributed by atoms with van der Waals surface area (Å²) in [6, 6.07) is 8.04. The van der Waals surface area contributed by atoms with Crippen LogP contribution in [0.1, 0.15) is 25.2 Å². The molecule has 1 aromatic carbocycles. The first-order valence-electron chi connectivity index (χ1n) is 8.68. The summed E-state index contributed by atoms with van der Waals surface area (Å²) in [6.07, 6.45) is 3.73. The summed E-state index contributed by atoms with van der Waals surface area (Å²) in [5.74, 6) is 3.48. The van der Waals surface area contributed by atoms with Crippen LogP contribution in [0.4, 0.5) is 0 Å². The van der Waals surface area contributed by atoms with Crippen molar-refractivity contribution in [1.82, 2.24) is 15.0 Å². The maximum Gasteiger partial charge on any atom is 0.241 e. The lowest BCUT2D eigenvalue weighted by atomic mass is 9.78. The third kappa shape index (κ3) is 3.03. The van der Waals surface area contributed by atoms with Gasteiger partial charge in [0.2, 0.25) is 11.7 Å². The minimum Gasteiger partial charge on any atom is -0.497 e. The summed E-state index contributed by atoms with van der Waals surface area (Å²) in [4.78, 5) is 6.95. The van der Waals surface area contributed by atoms with Crippen molar-refractivity contribution in [3.63, 3.8) is 0 Å². The fourth-order valence-electron chi connectivity index (χ4n) is 4.11. The van der Waals surface area contributed by atoms with E-state index in [1.807, 2.05) is 24.3 Å². The van der Waals surface area contributed by atoms with Crippen LogP contribution in [0, 0.1) is 11.8 Å². The lowest BCUT2D eigenvalue weighted by Gasteiger charge is -2.29. The third-order valence-corrected chi connectivity index (χ3v) is 5.40. The Hall–Kier alpha value is -1.92. The molecule has 6 nitrogen and oxygen atoms in total. The second kappa shape index (κ2) is 6.53. The lowest BCUT2D eigenvalue weighted by molar-refractivity contribution is 0.252. The van der Waals surface area contributed by atoms with Crippen molar-refractivity contribution in [3.8, 4) is 17.1 Å². The van der Waals surface area contributed by atoms with E-state index in [-0.39, 0.29) is 0 Å². The van der Waals surface area contributed by atoms with Gasteiger partial charge in [-0.1, -0.05) is 11.6 Å². The smallest absolute Gasteiger partial charge is 0.241 e. The van der Waals surface area contributed by atoms with Gasteiger partial charge in [-0.25, -0.2) is 0 Å². The molecular formula is C18H24N4O2. The number of aromatic nitrogens is 2. The van der Waals surface area contributed by atoms with Crippen LogP contribution in [0.3, 0.4) is 0 Å². The quantitative estimate of drug-likeness (QED) is 0.928. The zero-order valence-corrected chi connectivity index (χ0v) is 14.0. The Bertz CT molecular complexity index is 685. The van der Waals surface area contributed by atoms with Gasteiger partial charge in [-0.2, -0.15) is 4.98 Å². The lowest BCUT2D eigenvalue weighted by Crippen LogP contribution is -2.38. The molecule has 24 heavy (non-hydrogen) atoms. The molecule has 1 aromatic heterocycles. The molecule has 0 amide bonds. The van der Waals surface area contributed by atoms with Gasteiger partial charge >= 0.3 is 0 Å². The summed E-state index contributed by atoms with van der Waals surface area (Å²) < 4.78 is 10.6. The van der Waals surface area contributed by atoms with Gasteiger partial charge < -0.3 is 15.0 Å². The molecular weight excluding hydrogens is 304 g/mol. The Labute approximate surface area is 142 Å². The molecule has 1 aliphatic carbocycles. The molecule has 0 bridgehead atoms. The molecule has 1 aliphatic heterocycles. The zero-order valence-electron chi connectivity index (χ0n) is 14.0. The van der Waals surface area contributed by atoms with Crippen molar-refractivity contribution in [2.24, 2.45) is 17.6 Å². The highest BCUT2D eigenvalue weighted by Gasteiger charge is 2.38. The number of hydrogen-bond acceptors (Lipinski definition) is 6. The van der Waals surface area contributed by atoms with Gasteiger partial charge in [-0.3, -0.25) is 4.90 Å². The van der Waals surface area contributed by atoms with E-state index < -0.39 is 0 Å². The van der Waals surface area contributed by atoms with Crippen LogP contribution >= 0.6 is 0 Å². The summed E-state index contributed by atoms with van der Waals surface area (Å²) in [6.45, 7) is 2.85. The Balaban J connectivity index is 1.42. The molecule has 3 unspecified atom stereocenters. The average Bonchev–Trinajstić information content (AvgIpc) is 3.23. The predicted molar refractivity (Wildman–Crippen MR) is 90.4 cm³/mol.